The first-order valence-corrected chi connectivity index (χ1v) is 6.26. The molecule has 3 amide bonds. The molecule has 0 aliphatic carbocycles. The Bertz CT molecular complexity index is 488. The normalized spacial score (nSPS) is 9.75. The molecular weight excluding hydrogens is 258 g/mol. The minimum absolute atomic E-state index is 0.144. The highest BCUT2D eigenvalue weighted by Gasteiger charge is 2.06. The van der Waals surface area contributed by atoms with E-state index >= 15 is 0 Å². The third-order valence-corrected chi connectivity index (χ3v) is 2.66. The molecule has 7 heteroatoms. The van der Waals surface area contributed by atoms with Crippen molar-refractivity contribution in [2.24, 2.45) is 0 Å². The summed E-state index contributed by atoms with van der Waals surface area (Å²) in [7, 11) is 4.93. The van der Waals surface area contributed by atoms with Crippen molar-refractivity contribution in [3.05, 3.63) is 23.8 Å². The van der Waals surface area contributed by atoms with Gasteiger partial charge in [0, 0.05) is 39.8 Å². The zero-order valence-electron chi connectivity index (χ0n) is 12.0. The number of rotatable bonds is 5. The number of carbonyl (C=O) groups excluding carboxylic acids is 2. The smallest absolute Gasteiger partial charge is 0.316 e. The predicted octanol–water partition coefficient (Wildman–Crippen LogP) is 0.312. The molecule has 0 aliphatic rings. The van der Waals surface area contributed by atoms with Crippen molar-refractivity contribution < 1.29 is 9.59 Å². The number of carbonyl (C=O) groups is 2. The lowest BCUT2D eigenvalue weighted by Crippen LogP contribution is -2.37. The summed E-state index contributed by atoms with van der Waals surface area (Å²) in [4.78, 5) is 24.2. The number of anilines is 2. The van der Waals surface area contributed by atoms with Gasteiger partial charge in [-0.25, -0.2) is 4.79 Å². The van der Waals surface area contributed by atoms with Gasteiger partial charge in [0.15, 0.2) is 0 Å². The number of benzene rings is 1. The van der Waals surface area contributed by atoms with E-state index in [9.17, 15) is 9.59 Å². The molecule has 0 aromatic heterocycles. The summed E-state index contributed by atoms with van der Waals surface area (Å²) in [5, 5.41) is 8.37. The van der Waals surface area contributed by atoms with Crippen LogP contribution in [0.4, 0.5) is 16.2 Å². The lowest BCUT2D eigenvalue weighted by molar-refractivity contribution is 0.0963. The zero-order valence-corrected chi connectivity index (χ0v) is 12.0. The number of nitrogens with two attached hydrogens (primary N) is 1. The summed E-state index contributed by atoms with van der Waals surface area (Å²) in [6.45, 7) is 1.02. The van der Waals surface area contributed by atoms with Gasteiger partial charge in [0.1, 0.15) is 0 Å². The van der Waals surface area contributed by atoms with Crippen LogP contribution in [-0.4, -0.2) is 51.1 Å². The van der Waals surface area contributed by atoms with Crippen molar-refractivity contribution in [2.75, 3.05) is 45.3 Å². The first-order valence-electron chi connectivity index (χ1n) is 6.26. The molecule has 0 atom stereocenters. The fourth-order valence-electron chi connectivity index (χ4n) is 1.53. The second kappa shape index (κ2) is 7.22. The summed E-state index contributed by atoms with van der Waals surface area (Å²) in [6, 6.07) is 4.90. The molecule has 1 rings (SSSR count). The van der Waals surface area contributed by atoms with Crippen LogP contribution >= 0.6 is 0 Å². The first kappa shape index (κ1) is 15.6. The van der Waals surface area contributed by atoms with Crippen molar-refractivity contribution >= 4 is 23.3 Å². The fraction of sp³-hybridized carbons (Fsp3) is 0.385. The molecule has 0 aliphatic heterocycles. The molecule has 1 aromatic rings. The lowest BCUT2D eigenvalue weighted by atomic mass is 10.1. The van der Waals surface area contributed by atoms with Gasteiger partial charge in [-0.3, -0.25) is 4.79 Å². The zero-order chi connectivity index (χ0) is 15.1. The third-order valence-electron chi connectivity index (χ3n) is 2.66. The molecule has 20 heavy (non-hydrogen) atoms. The van der Waals surface area contributed by atoms with Crippen LogP contribution in [0.15, 0.2) is 18.2 Å². The van der Waals surface area contributed by atoms with Gasteiger partial charge in [0.05, 0.1) is 11.4 Å². The summed E-state index contributed by atoms with van der Waals surface area (Å²) in [5.41, 5.74) is 7.60. The van der Waals surface area contributed by atoms with E-state index in [1.54, 1.807) is 39.3 Å². The Morgan fingerprint density at radius 3 is 2.50 bits per heavy atom. The highest BCUT2D eigenvalue weighted by atomic mass is 16.2. The summed E-state index contributed by atoms with van der Waals surface area (Å²) >= 11 is 0. The highest BCUT2D eigenvalue weighted by Crippen LogP contribution is 2.19. The molecule has 0 saturated heterocycles. The van der Waals surface area contributed by atoms with E-state index in [2.05, 4.69) is 16.0 Å². The van der Waals surface area contributed by atoms with Crippen LogP contribution in [0.2, 0.25) is 0 Å². The van der Waals surface area contributed by atoms with Crippen molar-refractivity contribution in [1.82, 2.24) is 15.5 Å². The maximum Gasteiger partial charge on any atom is 0.316 e. The van der Waals surface area contributed by atoms with E-state index < -0.39 is 0 Å². The summed E-state index contributed by atoms with van der Waals surface area (Å²) in [5.74, 6) is -0.179. The number of hydrogen-bond acceptors (Lipinski definition) is 4. The number of amides is 3. The number of nitrogen functional groups attached to an aromatic ring is 1. The van der Waals surface area contributed by atoms with Crippen molar-refractivity contribution in [2.45, 2.75) is 0 Å². The molecule has 7 nitrogen and oxygen atoms in total. The van der Waals surface area contributed by atoms with Gasteiger partial charge in [0.2, 0.25) is 0 Å². The molecule has 0 unspecified atom stereocenters. The standard InChI is InChI=1S/C13H21N5O2/c1-15-12(19)9-4-5-11(10(14)8-9)16-6-7-17-13(20)18(2)3/h4-5,8,16H,6-7,14H2,1-3H3,(H,15,19)(H,17,20). The van der Waals surface area contributed by atoms with E-state index in [4.69, 9.17) is 5.73 Å². The lowest BCUT2D eigenvalue weighted by Gasteiger charge is -2.13. The quantitative estimate of drug-likeness (QED) is 0.460. The van der Waals surface area contributed by atoms with Gasteiger partial charge in [-0.05, 0) is 18.2 Å². The summed E-state index contributed by atoms with van der Waals surface area (Å²) < 4.78 is 0. The molecule has 5 N–H and O–H groups in total. The largest absolute Gasteiger partial charge is 0.397 e. The molecule has 0 spiro atoms. The van der Waals surface area contributed by atoms with Crippen molar-refractivity contribution in [1.29, 1.82) is 0 Å². The van der Waals surface area contributed by atoms with E-state index in [0.29, 0.717) is 24.3 Å². The monoisotopic (exact) mass is 279 g/mol. The Balaban J connectivity index is 2.49. The van der Waals surface area contributed by atoms with Crippen LogP contribution in [0.3, 0.4) is 0 Å². The number of urea groups is 1. The fourth-order valence-corrected chi connectivity index (χ4v) is 1.53. The van der Waals surface area contributed by atoms with Gasteiger partial charge in [-0.2, -0.15) is 0 Å². The van der Waals surface area contributed by atoms with Gasteiger partial charge < -0.3 is 26.6 Å². The highest BCUT2D eigenvalue weighted by molar-refractivity contribution is 5.95. The maximum absolute atomic E-state index is 11.4. The van der Waals surface area contributed by atoms with Crippen LogP contribution in [0.5, 0.6) is 0 Å². The Hall–Kier alpha value is -2.44. The van der Waals surface area contributed by atoms with Crippen LogP contribution in [0.25, 0.3) is 0 Å². The molecule has 0 fully saturated rings. The molecule has 110 valence electrons. The predicted molar refractivity (Wildman–Crippen MR) is 79.8 cm³/mol. The first-order chi connectivity index (χ1) is 9.45. The van der Waals surface area contributed by atoms with E-state index in [0.717, 1.165) is 5.69 Å². The SMILES string of the molecule is CNC(=O)c1ccc(NCCNC(=O)N(C)C)c(N)c1. The Labute approximate surface area is 118 Å². The van der Waals surface area contributed by atoms with E-state index in [1.807, 2.05) is 0 Å². The molecule has 0 bridgehead atoms. The number of nitrogens with zero attached hydrogens (tertiary/aromatic N) is 1. The van der Waals surface area contributed by atoms with E-state index in [1.165, 1.54) is 4.90 Å². The summed E-state index contributed by atoms with van der Waals surface area (Å²) in [6.07, 6.45) is 0. The molecule has 0 heterocycles. The van der Waals surface area contributed by atoms with Crippen LogP contribution in [0, 0.1) is 0 Å². The number of hydrogen-bond donors (Lipinski definition) is 4. The topological polar surface area (TPSA) is 99.5 Å². The average Bonchev–Trinajstić information content (AvgIpc) is 2.43. The minimum atomic E-state index is -0.179. The molecule has 1 aromatic carbocycles. The van der Waals surface area contributed by atoms with Gasteiger partial charge >= 0.3 is 6.03 Å². The Kier molecular flexibility index (Phi) is 5.64. The van der Waals surface area contributed by atoms with Gasteiger partial charge in [0.25, 0.3) is 5.91 Å². The van der Waals surface area contributed by atoms with Crippen LogP contribution in [0.1, 0.15) is 10.4 Å². The molecular formula is C13H21N5O2. The van der Waals surface area contributed by atoms with Gasteiger partial charge in [-0.1, -0.05) is 0 Å². The number of nitrogens with one attached hydrogen (secondary N) is 3. The second-order valence-corrected chi connectivity index (χ2v) is 4.43. The van der Waals surface area contributed by atoms with Crippen molar-refractivity contribution in [3.8, 4) is 0 Å². The van der Waals surface area contributed by atoms with Crippen molar-refractivity contribution in [3.63, 3.8) is 0 Å². The second-order valence-electron chi connectivity index (χ2n) is 4.43. The molecule has 0 radical (unpaired) electrons. The van der Waals surface area contributed by atoms with E-state index in [-0.39, 0.29) is 11.9 Å². The molecule has 0 saturated carbocycles. The average molecular weight is 279 g/mol. The Morgan fingerprint density at radius 2 is 1.95 bits per heavy atom. The minimum Gasteiger partial charge on any atom is -0.397 e. The van der Waals surface area contributed by atoms with Crippen LogP contribution < -0.4 is 21.7 Å². The third kappa shape index (κ3) is 4.34. The van der Waals surface area contributed by atoms with Crippen LogP contribution in [-0.2, 0) is 0 Å². The Morgan fingerprint density at radius 1 is 1.25 bits per heavy atom. The maximum atomic E-state index is 11.4. The van der Waals surface area contributed by atoms with Gasteiger partial charge in [-0.15, -0.1) is 0 Å².